The molecule has 0 heterocycles. The number of methoxy groups -OCH3 is 1. The van der Waals surface area contributed by atoms with E-state index in [9.17, 15) is 5.11 Å². The van der Waals surface area contributed by atoms with Crippen LogP contribution >= 0.6 is 0 Å². The topological polar surface area (TPSA) is 32.7 Å². The zero-order valence-corrected chi connectivity index (χ0v) is 85.7. The van der Waals surface area contributed by atoms with Gasteiger partial charge in [0.05, 0.1) is 13.7 Å². The summed E-state index contributed by atoms with van der Waals surface area (Å²) in [6, 6.07) is 178. The van der Waals surface area contributed by atoms with E-state index < -0.39 is 0 Å². The highest BCUT2D eigenvalue weighted by atomic mass is 16.5. The highest BCUT2D eigenvalue weighted by Crippen LogP contribution is 2.46. The van der Waals surface area contributed by atoms with Crippen LogP contribution in [0, 0.1) is 55.4 Å². The largest absolute Gasteiger partial charge is 0.497 e. The molecule has 23 rings (SSSR count). The van der Waals surface area contributed by atoms with Gasteiger partial charge < -0.3 is 14.7 Å². The number of benzene rings is 23. The number of hydrogen-bond donors (Lipinski definition) is 1. The lowest BCUT2D eigenvalue weighted by molar-refractivity contribution is 0.282. The van der Waals surface area contributed by atoms with Crippen LogP contribution < -0.4 is 9.64 Å². The molecule has 0 bridgehead atoms. The van der Waals surface area contributed by atoms with Crippen LogP contribution in [0.4, 0.5) is 17.1 Å². The molecule has 3 nitrogen and oxygen atoms in total. The normalized spacial score (nSPS) is 11.2. The number of aliphatic hydroxyl groups is 1. The lowest BCUT2D eigenvalue weighted by Gasteiger charge is -2.26. The van der Waals surface area contributed by atoms with Gasteiger partial charge in [0.1, 0.15) is 5.75 Å². The van der Waals surface area contributed by atoms with Gasteiger partial charge in [0.15, 0.2) is 0 Å². The third-order valence-corrected chi connectivity index (χ3v) is 28.9. The molecule has 718 valence electrons. The molecule has 0 radical (unpaired) electrons. The van der Waals surface area contributed by atoms with Crippen LogP contribution in [0.2, 0.25) is 0 Å². The third-order valence-electron chi connectivity index (χ3n) is 28.9. The molecule has 0 aliphatic rings. The molecule has 0 spiro atoms. The number of ether oxygens (including phenoxy) is 1. The molecule has 0 saturated heterocycles. The van der Waals surface area contributed by atoms with Crippen LogP contribution in [0.25, 0.3) is 157 Å². The molecule has 0 fully saturated rings. The maximum Gasteiger partial charge on any atom is 0.119 e. The van der Waals surface area contributed by atoms with E-state index in [4.69, 9.17) is 4.74 Å². The molecule has 0 atom stereocenters. The minimum Gasteiger partial charge on any atom is -0.497 e. The van der Waals surface area contributed by atoms with E-state index in [1.807, 2.05) is 36.4 Å². The van der Waals surface area contributed by atoms with Gasteiger partial charge in [-0.3, -0.25) is 0 Å². The monoisotopic (exact) mass is 1920 g/mol. The van der Waals surface area contributed by atoms with Gasteiger partial charge in [-0.25, -0.2) is 0 Å². The van der Waals surface area contributed by atoms with Gasteiger partial charge in [0, 0.05) is 17.1 Å². The van der Waals surface area contributed by atoms with Crippen molar-refractivity contribution in [3.8, 4) is 39.1 Å². The maximum absolute atomic E-state index is 9.55. The molecule has 3 heteroatoms. The molecule has 0 aromatic heterocycles. The molecule has 23 aromatic rings. The predicted octanol–water partition coefficient (Wildman–Crippen LogP) is 38.9. The van der Waals surface area contributed by atoms with Gasteiger partial charge in [0.25, 0.3) is 0 Å². The van der Waals surface area contributed by atoms with Crippen LogP contribution in [0.5, 0.6) is 5.75 Å². The predicted molar refractivity (Wildman–Crippen MR) is 641 cm³/mol. The summed E-state index contributed by atoms with van der Waals surface area (Å²) in [6.07, 6.45) is 13.8. The molecule has 0 aliphatic heterocycles. The first-order chi connectivity index (χ1) is 73.0. The van der Waals surface area contributed by atoms with Gasteiger partial charge in [-0.1, -0.05) is 500 Å². The van der Waals surface area contributed by atoms with Gasteiger partial charge in [-0.2, -0.15) is 0 Å². The van der Waals surface area contributed by atoms with Crippen molar-refractivity contribution in [1.82, 2.24) is 0 Å². The first-order valence-corrected chi connectivity index (χ1v) is 51.5. The molecule has 0 aliphatic carbocycles. The Morgan fingerprint density at radius 1 is 0.201 bits per heavy atom. The molecule has 0 saturated carbocycles. The number of fused-ring (bicyclic) bond motifs is 6. The van der Waals surface area contributed by atoms with Crippen molar-refractivity contribution < 1.29 is 9.84 Å². The lowest BCUT2D eigenvalue weighted by Crippen LogP contribution is -2.10. The van der Waals surface area contributed by atoms with E-state index in [0.29, 0.717) is 0 Å². The fraction of sp³-hybridized carbons (Fsp3) is 0.0685. The third kappa shape index (κ3) is 21.6. The van der Waals surface area contributed by atoms with Gasteiger partial charge in [-0.05, 0) is 332 Å². The summed E-state index contributed by atoms with van der Waals surface area (Å²) in [4.78, 5) is 2.20. The highest BCUT2D eigenvalue weighted by Gasteiger charge is 2.22. The quantitative estimate of drug-likeness (QED) is 0.0687. The second-order valence-electron chi connectivity index (χ2n) is 39.2. The number of anilines is 3. The number of aryl methyl sites for hydroxylation is 8. The highest BCUT2D eigenvalue weighted by molar-refractivity contribution is 6.15. The Labute approximate surface area is 876 Å². The fourth-order valence-corrected chi connectivity index (χ4v) is 20.6. The zero-order valence-electron chi connectivity index (χ0n) is 85.7. The molecular weight excluding hydrogens is 1800 g/mol. The van der Waals surface area contributed by atoms with Crippen LogP contribution in [0.3, 0.4) is 0 Å². The van der Waals surface area contributed by atoms with Crippen molar-refractivity contribution in [1.29, 1.82) is 0 Å². The van der Waals surface area contributed by atoms with Crippen molar-refractivity contribution in [2.45, 2.75) is 62.0 Å². The Hall–Kier alpha value is -18.1. The smallest absolute Gasteiger partial charge is 0.119 e. The molecule has 0 amide bonds. The summed E-state index contributed by atoms with van der Waals surface area (Å²) < 4.78 is 5.39. The van der Waals surface area contributed by atoms with Crippen molar-refractivity contribution >= 4 is 140 Å². The summed E-state index contributed by atoms with van der Waals surface area (Å²) in [5, 5.41) is 24.5. The van der Waals surface area contributed by atoms with Crippen molar-refractivity contribution in [2.24, 2.45) is 0 Å². The molecular formula is C146H117NO2. The Bertz CT molecular complexity index is 7990. The average Bonchev–Trinajstić information content (AvgIpc) is 0.802. The standard InChI is InChI=1S/2C52H42.C42H33NO2/c2*1-35-13-21-39(22-14-35)51(40-23-15-36(2)16-24-40)33-43-29-31-49(47-11-7-5-9-45(43)47)50-32-30-44(46-10-6-8-12-48(46)50)34-52(41-25-17-37(3)18-26-41)42-27-19-38(4)20-28-42;1-45-37-26-24-36(25-27-37)43(35-22-16-31(29-44)17-23-35)34-20-14-30(15-21-34)13-18-33-19-28-42(40-11-5-4-10-39(33)40)41-12-6-8-32-7-2-3-9-38(32)41/h2*5-34H,1-4H3;2-28,44H,29H2,1H3. The first kappa shape index (κ1) is 97.0. The average molecular weight is 1920 g/mol. The van der Waals surface area contributed by atoms with Gasteiger partial charge in [-0.15, -0.1) is 0 Å². The van der Waals surface area contributed by atoms with E-state index in [-0.39, 0.29) is 6.61 Å². The minimum absolute atomic E-state index is 0.0189. The van der Waals surface area contributed by atoms with Gasteiger partial charge >= 0.3 is 0 Å². The summed E-state index contributed by atoms with van der Waals surface area (Å²) in [5.74, 6) is 0.812. The zero-order chi connectivity index (χ0) is 102. The van der Waals surface area contributed by atoms with E-state index in [2.05, 4.69) is 552 Å². The number of rotatable bonds is 22. The number of hydrogen-bond acceptors (Lipinski definition) is 3. The summed E-state index contributed by atoms with van der Waals surface area (Å²) >= 11 is 0. The fourth-order valence-electron chi connectivity index (χ4n) is 20.6. The molecule has 23 aromatic carbocycles. The van der Waals surface area contributed by atoms with E-state index >= 15 is 0 Å². The van der Waals surface area contributed by atoms with E-state index in [1.165, 1.54) is 237 Å². The Balaban J connectivity index is 0.000000131. The van der Waals surface area contributed by atoms with E-state index in [1.54, 1.807) is 7.11 Å². The van der Waals surface area contributed by atoms with Crippen molar-refractivity contribution in [3.63, 3.8) is 0 Å². The number of nitrogens with zero attached hydrogens (tertiary/aromatic N) is 1. The molecule has 0 unspecified atom stereocenters. The van der Waals surface area contributed by atoms with Crippen molar-refractivity contribution in [3.05, 3.63) is 619 Å². The van der Waals surface area contributed by atoms with Crippen molar-refractivity contribution in [2.75, 3.05) is 12.0 Å². The van der Waals surface area contributed by atoms with Crippen LogP contribution in [-0.4, -0.2) is 12.2 Å². The van der Waals surface area contributed by atoms with Crippen LogP contribution in [-0.2, 0) is 6.61 Å². The summed E-state index contributed by atoms with van der Waals surface area (Å²) in [6.45, 7) is 17.2. The molecule has 149 heavy (non-hydrogen) atoms. The Morgan fingerprint density at radius 3 is 0.691 bits per heavy atom. The molecule has 1 N–H and O–H groups in total. The maximum atomic E-state index is 9.55. The van der Waals surface area contributed by atoms with Gasteiger partial charge in [0.2, 0.25) is 0 Å². The van der Waals surface area contributed by atoms with Crippen LogP contribution in [0.1, 0.15) is 128 Å². The number of aliphatic hydroxyl groups excluding tert-OH is 1. The summed E-state index contributed by atoms with van der Waals surface area (Å²) in [7, 11) is 1.68. The van der Waals surface area contributed by atoms with Crippen LogP contribution in [0.15, 0.2) is 491 Å². The second-order valence-corrected chi connectivity index (χ2v) is 39.2. The Kier molecular flexibility index (Phi) is 28.8. The summed E-state index contributed by atoms with van der Waals surface area (Å²) in [5.41, 5.74) is 43.2. The minimum atomic E-state index is 0.0189. The van der Waals surface area contributed by atoms with E-state index in [0.717, 1.165) is 33.9 Å². The Morgan fingerprint density at radius 2 is 0.423 bits per heavy atom. The lowest BCUT2D eigenvalue weighted by atomic mass is 9.88. The second kappa shape index (κ2) is 44.2. The SMILES string of the molecule is COc1ccc(N(c2ccc(C=Cc3ccc(-c4cccc5ccccc45)c4ccccc34)cc2)c2ccc(CO)cc2)cc1.Cc1ccc(C(=Cc2ccc(-c3ccc(C=C(c4ccc(C)cc4)c4ccc(C)cc4)c4ccccc34)c3ccccc23)c2ccc(C)cc2)cc1.Cc1ccc(C(=Cc2ccc(-c3ccc(C=C(c4ccc(C)cc4)c4ccc(C)cc4)c4ccccc34)c3ccccc23)c2ccc(C)cc2)cc1. The first-order valence-electron chi connectivity index (χ1n) is 51.5.